The second kappa shape index (κ2) is 8.54. The van der Waals surface area contributed by atoms with Crippen molar-refractivity contribution in [1.82, 2.24) is 19.5 Å². The van der Waals surface area contributed by atoms with E-state index in [1.165, 1.54) is 21.5 Å². The maximum absolute atomic E-state index is 11.1. The number of methoxy groups -OCH3 is 1. The SMILES string of the molecule is COc1ccc(N2CCN([C@@H](c3ccco3)c3sc4nc(-c5ccco5)nn4c3O)CC2)cc1. The van der Waals surface area contributed by atoms with E-state index in [4.69, 9.17) is 13.6 Å². The fraction of sp³-hybridized carbons (Fsp3) is 0.250. The van der Waals surface area contributed by atoms with Crippen LogP contribution in [0.2, 0.25) is 0 Å². The lowest BCUT2D eigenvalue weighted by Gasteiger charge is -2.39. The van der Waals surface area contributed by atoms with Crippen LogP contribution in [-0.4, -0.2) is 57.9 Å². The molecule has 1 atom stereocenters. The predicted octanol–water partition coefficient (Wildman–Crippen LogP) is 4.27. The van der Waals surface area contributed by atoms with Gasteiger partial charge >= 0.3 is 0 Å². The summed E-state index contributed by atoms with van der Waals surface area (Å²) in [6, 6.07) is 15.3. The zero-order valence-electron chi connectivity index (χ0n) is 18.5. The van der Waals surface area contributed by atoms with Crippen LogP contribution in [0, 0.1) is 0 Å². The number of ether oxygens (including phenoxy) is 1. The van der Waals surface area contributed by atoms with E-state index in [0.29, 0.717) is 16.5 Å². The Hall–Kier alpha value is -3.76. The molecule has 9 nitrogen and oxygen atoms in total. The average Bonchev–Trinajstić information content (AvgIpc) is 3.68. The van der Waals surface area contributed by atoms with Crippen LogP contribution in [-0.2, 0) is 0 Å². The third-order valence-electron chi connectivity index (χ3n) is 6.12. The number of anilines is 1. The van der Waals surface area contributed by atoms with Crippen molar-refractivity contribution >= 4 is 22.0 Å². The number of furan rings is 2. The molecule has 4 aromatic heterocycles. The maximum Gasteiger partial charge on any atom is 0.230 e. The van der Waals surface area contributed by atoms with Gasteiger partial charge in [0.25, 0.3) is 0 Å². The zero-order chi connectivity index (χ0) is 23.1. The number of nitrogens with zero attached hydrogens (tertiary/aromatic N) is 5. The highest BCUT2D eigenvalue weighted by Crippen LogP contribution is 2.41. The summed E-state index contributed by atoms with van der Waals surface area (Å²) in [6.45, 7) is 3.33. The van der Waals surface area contributed by atoms with Crippen molar-refractivity contribution in [2.75, 3.05) is 38.2 Å². The van der Waals surface area contributed by atoms with Crippen molar-refractivity contribution < 1.29 is 18.7 Å². The van der Waals surface area contributed by atoms with Gasteiger partial charge in [0.15, 0.2) is 5.76 Å². The van der Waals surface area contributed by atoms with E-state index in [2.05, 4.69) is 32.0 Å². The highest BCUT2D eigenvalue weighted by molar-refractivity contribution is 7.17. The Morgan fingerprint density at radius 3 is 2.41 bits per heavy atom. The lowest BCUT2D eigenvalue weighted by atomic mass is 10.1. The van der Waals surface area contributed by atoms with Crippen LogP contribution in [0.1, 0.15) is 16.7 Å². The van der Waals surface area contributed by atoms with Crippen molar-refractivity contribution in [3.8, 4) is 23.2 Å². The third kappa shape index (κ3) is 3.61. The lowest BCUT2D eigenvalue weighted by Crippen LogP contribution is -2.47. The number of piperazine rings is 1. The normalized spacial score (nSPS) is 15.7. The van der Waals surface area contributed by atoms with E-state index in [1.54, 1.807) is 31.8 Å². The van der Waals surface area contributed by atoms with Crippen molar-refractivity contribution in [1.29, 1.82) is 0 Å². The summed E-state index contributed by atoms with van der Waals surface area (Å²) in [5.74, 6) is 2.71. The number of hydrogen-bond donors (Lipinski definition) is 1. The minimum absolute atomic E-state index is 0.0734. The Morgan fingerprint density at radius 2 is 1.76 bits per heavy atom. The molecule has 5 heterocycles. The standard InChI is InChI=1S/C24H23N5O4S/c1-31-17-8-6-16(7-9-17)27-10-12-28(13-11-27)20(18-4-2-14-32-18)21-23(30)29-24(34-21)25-22(26-29)19-5-3-15-33-19/h2-9,14-15,20,30H,10-13H2,1H3/t20-/m0/s1. The molecule has 0 aliphatic carbocycles. The van der Waals surface area contributed by atoms with Gasteiger partial charge in [-0.3, -0.25) is 4.90 Å². The topological polar surface area (TPSA) is 92.4 Å². The summed E-state index contributed by atoms with van der Waals surface area (Å²) >= 11 is 1.41. The fourth-order valence-corrected chi connectivity index (χ4v) is 5.49. The monoisotopic (exact) mass is 477 g/mol. The van der Waals surface area contributed by atoms with Crippen LogP contribution < -0.4 is 9.64 Å². The smallest absolute Gasteiger partial charge is 0.230 e. The molecule has 174 valence electrons. The van der Waals surface area contributed by atoms with Crippen LogP contribution in [0.25, 0.3) is 16.5 Å². The molecule has 5 aromatic rings. The average molecular weight is 478 g/mol. The van der Waals surface area contributed by atoms with Gasteiger partial charge in [-0.15, -0.1) is 5.10 Å². The van der Waals surface area contributed by atoms with Gasteiger partial charge in [0.2, 0.25) is 16.7 Å². The van der Waals surface area contributed by atoms with Gasteiger partial charge < -0.3 is 23.6 Å². The molecule has 1 fully saturated rings. The predicted molar refractivity (Wildman–Crippen MR) is 128 cm³/mol. The number of thiazole rings is 1. The van der Waals surface area contributed by atoms with Gasteiger partial charge in [0.1, 0.15) is 17.6 Å². The molecule has 10 heteroatoms. The van der Waals surface area contributed by atoms with Crippen LogP contribution in [0.15, 0.2) is 69.9 Å². The first-order valence-corrected chi connectivity index (χ1v) is 11.8. The number of aromatic hydroxyl groups is 1. The Kier molecular flexibility index (Phi) is 5.23. The first-order valence-electron chi connectivity index (χ1n) is 11.0. The molecule has 34 heavy (non-hydrogen) atoms. The number of aromatic nitrogens is 3. The summed E-state index contributed by atoms with van der Waals surface area (Å²) in [5.41, 5.74) is 1.17. The van der Waals surface area contributed by atoms with E-state index in [0.717, 1.165) is 42.6 Å². The number of fused-ring (bicyclic) bond motifs is 1. The van der Waals surface area contributed by atoms with Crippen molar-refractivity contribution in [3.05, 3.63) is 71.7 Å². The largest absolute Gasteiger partial charge is 0.497 e. The Bertz CT molecular complexity index is 1370. The molecule has 0 bridgehead atoms. The lowest BCUT2D eigenvalue weighted by molar-refractivity contribution is 0.191. The molecule has 0 spiro atoms. The molecule has 1 aliphatic rings. The second-order valence-electron chi connectivity index (χ2n) is 8.04. The molecule has 1 aliphatic heterocycles. The first-order chi connectivity index (χ1) is 16.7. The van der Waals surface area contributed by atoms with E-state index < -0.39 is 0 Å². The van der Waals surface area contributed by atoms with E-state index in [1.807, 2.05) is 24.3 Å². The van der Waals surface area contributed by atoms with Crippen LogP contribution in [0.4, 0.5) is 5.69 Å². The molecule has 6 rings (SSSR count). The number of benzene rings is 1. The molecular weight excluding hydrogens is 454 g/mol. The summed E-state index contributed by atoms with van der Waals surface area (Å²) in [7, 11) is 1.67. The van der Waals surface area contributed by atoms with Crippen molar-refractivity contribution in [2.45, 2.75) is 6.04 Å². The summed E-state index contributed by atoms with van der Waals surface area (Å²) in [6.07, 6.45) is 3.24. The summed E-state index contributed by atoms with van der Waals surface area (Å²) in [4.78, 5) is 10.6. The molecule has 0 radical (unpaired) electrons. The Labute approximate surface area is 199 Å². The van der Waals surface area contributed by atoms with Crippen molar-refractivity contribution in [2.24, 2.45) is 0 Å². The zero-order valence-corrected chi connectivity index (χ0v) is 19.3. The van der Waals surface area contributed by atoms with Gasteiger partial charge in [-0.1, -0.05) is 11.3 Å². The molecular formula is C24H23N5O4S. The minimum Gasteiger partial charge on any atom is -0.497 e. The first kappa shape index (κ1) is 20.8. The van der Waals surface area contributed by atoms with Crippen LogP contribution in [0.3, 0.4) is 0 Å². The van der Waals surface area contributed by atoms with Crippen molar-refractivity contribution in [3.63, 3.8) is 0 Å². The van der Waals surface area contributed by atoms with E-state index in [-0.39, 0.29) is 11.9 Å². The molecule has 0 amide bonds. The van der Waals surface area contributed by atoms with Gasteiger partial charge in [-0.05, 0) is 48.5 Å². The molecule has 1 aromatic carbocycles. The van der Waals surface area contributed by atoms with Crippen LogP contribution in [0.5, 0.6) is 11.6 Å². The minimum atomic E-state index is -0.228. The Balaban J connectivity index is 1.28. The third-order valence-corrected chi connectivity index (χ3v) is 7.19. The second-order valence-corrected chi connectivity index (χ2v) is 9.05. The van der Waals surface area contributed by atoms with E-state index in [9.17, 15) is 5.11 Å². The van der Waals surface area contributed by atoms with Gasteiger partial charge in [0, 0.05) is 31.9 Å². The molecule has 1 N–H and O–H groups in total. The quantitative estimate of drug-likeness (QED) is 0.388. The highest BCUT2D eigenvalue weighted by Gasteiger charge is 2.33. The van der Waals surface area contributed by atoms with Gasteiger partial charge in [-0.2, -0.15) is 9.50 Å². The van der Waals surface area contributed by atoms with Gasteiger partial charge in [-0.25, -0.2) is 0 Å². The number of hydrogen-bond acceptors (Lipinski definition) is 9. The molecule has 0 unspecified atom stereocenters. The van der Waals surface area contributed by atoms with Gasteiger partial charge in [0.05, 0.1) is 24.5 Å². The highest BCUT2D eigenvalue weighted by atomic mass is 32.1. The summed E-state index contributed by atoms with van der Waals surface area (Å²) in [5, 5.41) is 15.6. The van der Waals surface area contributed by atoms with Crippen LogP contribution >= 0.6 is 11.3 Å². The summed E-state index contributed by atoms with van der Waals surface area (Å²) < 4.78 is 18.0. The molecule has 1 saturated heterocycles. The maximum atomic E-state index is 11.1. The number of rotatable bonds is 6. The van der Waals surface area contributed by atoms with E-state index >= 15 is 0 Å². The Morgan fingerprint density at radius 1 is 1.00 bits per heavy atom. The fourth-order valence-electron chi connectivity index (χ4n) is 4.39. The molecule has 0 saturated carbocycles.